The SMILES string of the molecule is Cl.NCC1(CC(=O)Nc2cc(C(N)=O)ccc2N2CCCC2)CCCCC1. The number of nitrogens with two attached hydrogens (primary N) is 2. The van der Waals surface area contributed by atoms with Crippen LogP contribution >= 0.6 is 12.4 Å². The predicted molar refractivity (Wildman–Crippen MR) is 111 cm³/mol. The number of hydrogen-bond donors (Lipinski definition) is 3. The van der Waals surface area contributed by atoms with Crippen LogP contribution in [0.4, 0.5) is 11.4 Å². The zero-order chi connectivity index (χ0) is 18.6. The molecule has 7 heteroatoms. The van der Waals surface area contributed by atoms with Crippen molar-refractivity contribution in [1.29, 1.82) is 0 Å². The molecular formula is C20H31ClN4O2. The molecule has 1 aliphatic heterocycles. The van der Waals surface area contributed by atoms with Crippen molar-refractivity contribution < 1.29 is 9.59 Å². The summed E-state index contributed by atoms with van der Waals surface area (Å²) in [6.45, 7) is 2.47. The fraction of sp³-hybridized carbons (Fsp3) is 0.600. The first kappa shape index (κ1) is 21.5. The number of anilines is 2. The molecule has 1 saturated carbocycles. The molecule has 6 nitrogen and oxygen atoms in total. The summed E-state index contributed by atoms with van der Waals surface area (Å²) in [5.41, 5.74) is 13.4. The Morgan fingerprint density at radius 3 is 2.33 bits per heavy atom. The van der Waals surface area contributed by atoms with E-state index in [1.54, 1.807) is 12.1 Å². The summed E-state index contributed by atoms with van der Waals surface area (Å²) < 4.78 is 0. The van der Waals surface area contributed by atoms with E-state index in [1.807, 2.05) is 6.07 Å². The van der Waals surface area contributed by atoms with Crippen LogP contribution in [0.2, 0.25) is 0 Å². The maximum atomic E-state index is 12.8. The van der Waals surface area contributed by atoms with Gasteiger partial charge in [-0.1, -0.05) is 19.3 Å². The monoisotopic (exact) mass is 394 g/mol. The van der Waals surface area contributed by atoms with Gasteiger partial charge in [-0.3, -0.25) is 9.59 Å². The van der Waals surface area contributed by atoms with E-state index < -0.39 is 5.91 Å². The molecule has 1 saturated heterocycles. The van der Waals surface area contributed by atoms with E-state index in [4.69, 9.17) is 11.5 Å². The first-order valence-electron chi connectivity index (χ1n) is 9.72. The van der Waals surface area contributed by atoms with Gasteiger partial charge in [-0.15, -0.1) is 12.4 Å². The molecule has 1 aromatic carbocycles. The molecule has 1 heterocycles. The lowest BCUT2D eigenvalue weighted by atomic mass is 9.71. The largest absolute Gasteiger partial charge is 0.370 e. The number of nitrogens with one attached hydrogen (secondary N) is 1. The van der Waals surface area contributed by atoms with E-state index in [-0.39, 0.29) is 23.7 Å². The predicted octanol–water partition coefficient (Wildman–Crippen LogP) is 3.05. The summed E-state index contributed by atoms with van der Waals surface area (Å²) in [4.78, 5) is 26.6. The van der Waals surface area contributed by atoms with Gasteiger partial charge in [-0.25, -0.2) is 0 Å². The van der Waals surface area contributed by atoms with E-state index >= 15 is 0 Å². The Morgan fingerprint density at radius 2 is 1.74 bits per heavy atom. The number of primary amides is 1. The van der Waals surface area contributed by atoms with E-state index in [0.29, 0.717) is 24.2 Å². The van der Waals surface area contributed by atoms with Crippen LogP contribution in [0.3, 0.4) is 0 Å². The summed E-state index contributed by atoms with van der Waals surface area (Å²) in [5, 5.41) is 3.05. The quantitative estimate of drug-likeness (QED) is 0.690. The summed E-state index contributed by atoms with van der Waals surface area (Å²) in [6.07, 6.45) is 8.24. The zero-order valence-electron chi connectivity index (χ0n) is 15.8. The fourth-order valence-electron chi connectivity index (χ4n) is 4.31. The van der Waals surface area contributed by atoms with Gasteiger partial charge < -0.3 is 21.7 Å². The van der Waals surface area contributed by atoms with Gasteiger partial charge >= 0.3 is 0 Å². The van der Waals surface area contributed by atoms with Crippen molar-refractivity contribution in [2.75, 3.05) is 29.9 Å². The number of nitrogens with zero attached hydrogens (tertiary/aromatic N) is 1. The molecule has 2 aliphatic rings. The molecule has 3 rings (SSSR count). The van der Waals surface area contributed by atoms with E-state index in [9.17, 15) is 9.59 Å². The van der Waals surface area contributed by atoms with Crippen molar-refractivity contribution in [3.05, 3.63) is 23.8 Å². The van der Waals surface area contributed by atoms with Gasteiger partial charge in [-0.05, 0) is 55.8 Å². The number of amides is 2. The van der Waals surface area contributed by atoms with Crippen LogP contribution in [0.1, 0.15) is 61.7 Å². The first-order valence-corrected chi connectivity index (χ1v) is 9.72. The Bertz CT molecular complexity index is 668. The van der Waals surface area contributed by atoms with Crippen LogP contribution in [-0.2, 0) is 4.79 Å². The van der Waals surface area contributed by atoms with Gasteiger partial charge in [0.2, 0.25) is 11.8 Å². The Labute approximate surface area is 167 Å². The minimum Gasteiger partial charge on any atom is -0.370 e. The maximum absolute atomic E-state index is 12.8. The summed E-state index contributed by atoms with van der Waals surface area (Å²) in [7, 11) is 0. The van der Waals surface area contributed by atoms with Gasteiger partial charge in [0.25, 0.3) is 0 Å². The Kier molecular flexibility index (Phi) is 7.50. The third kappa shape index (κ3) is 5.14. The number of hydrogen-bond acceptors (Lipinski definition) is 4. The number of benzene rings is 1. The molecule has 27 heavy (non-hydrogen) atoms. The molecule has 0 atom stereocenters. The normalized spacial score (nSPS) is 18.6. The van der Waals surface area contributed by atoms with Crippen molar-refractivity contribution in [2.45, 2.75) is 51.4 Å². The number of halogens is 1. The van der Waals surface area contributed by atoms with Crippen LogP contribution in [0.15, 0.2) is 18.2 Å². The molecule has 1 aromatic rings. The molecular weight excluding hydrogens is 364 g/mol. The van der Waals surface area contributed by atoms with Crippen molar-refractivity contribution in [1.82, 2.24) is 0 Å². The second-order valence-corrected chi connectivity index (χ2v) is 7.78. The molecule has 0 radical (unpaired) electrons. The smallest absolute Gasteiger partial charge is 0.248 e. The molecule has 0 spiro atoms. The van der Waals surface area contributed by atoms with Crippen molar-refractivity contribution in [3.8, 4) is 0 Å². The number of carbonyl (C=O) groups excluding carboxylic acids is 2. The first-order chi connectivity index (χ1) is 12.5. The van der Waals surface area contributed by atoms with Crippen LogP contribution in [0.25, 0.3) is 0 Å². The molecule has 1 aliphatic carbocycles. The molecule has 0 bridgehead atoms. The highest BCUT2D eigenvalue weighted by atomic mass is 35.5. The Morgan fingerprint density at radius 1 is 1.07 bits per heavy atom. The minimum atomic E-state index is -0.487. The third-order valence-electron chi connectivity index (χ3n) is 5.88. The van der Waals surface area contributed by atoms with Crippen molar-refractivity contribution in [3.63, 3.8) is 0 Å². The number of carbonyl (C=O) groups is 2. The van der Waals surface area contributed by atoms with E-state index in [1.165, 1.54) is 6.42 Å². The van der Waals surface area contributed by atoms with Crippen molar-refractivity contribution in [2.24, 2.45) is 16.9 Å². The van der Waals surface area contributed by atoms with Gasteiger partial charge in [0, 0.05) is 25.1 Å². The van der Waals surface area contributed by atoms with Gasteiger partial charge in [0.1, 0.15) is 0 Å². The topological polar surface area (TPSA) is 101 Å². The second-order valence-electron chi connectivity index (χ2n) is 7.78. The highest BCUT2D eigenvalue weighted by molar-refractivity contribution is 5.99. The zero-order valence-corrected chi connectivity index (χ0v) is 16.7. The number of rotatable bonds is 6. The van der Waals surface area contributed by atoms with E-state index in [0.717, 1.165) is 57.3 Å². The van der Waals surface area contributed by atoms with Crippen LogP contribution < -0.4 is 21.7 Å². The van der Waals surface area contributed by atoms with Crippen LogP contribution in [0.5, 0.6) is 0 Å². The van der Waals surface area contributed by atoms with Crippen LogP contribution in [0, 0.1) is 5.41 Å². The highest BCUT2D eigenvalue weighted by Gasteiger charge is 2.33. The van der Waals surface area contributed by atoms with Gasteiger partial charge in [0.05, 0.1) is 11.4 Å². The Hall–Kier alpha value is -1.79. The Balaban J connectivity index is 0.00000261. The lowest BCUT2D eigenvalue weighted by Crippen LogP contribution is -2.36. The average Bonchev–Trinajstić information content (AvgIpc) is 3.16. The standard InChI is InChI=1S/C20H30N4O2.ClH/c21-14-20(8-2-1-3-9-20)13-18(25)23-16-12-15(19(22)26)6-7-17(16)24-10-4-5-11-24;/h6-7,12H,1-5,8-11,13-14,21H2,(H2,22,26)(H,23,25);1H. The van der Waals surface area contributed by atoms with Crippen molar-refractivity contribution >= 4 is 35.6 Å². The molecule has 0 aromatic heterocycles. The summed E-state index contributed by atoms with van der Waals surface area (Å²) in [6, 6.07) is 5.32. The molecule has 2 amide bonds. The summed E-state index contributed by atoms with van der Waals surface area (Å²) in [5.74, 6) is -0.515. The fourth-order valence-corrected chi connectivity index (χ4v) is 4.31. The second kappa shape index (κ2) is 9.42. The highest BCUT2D eigenvalue weighted by Crippen LogP contribution is 2.39. The molecule has 2 fully saturated rings. The van der Waals surface area contributed by atoms with Crippen LogP contribution in [-0.4, -0.2) is 31.4 Å². The molecule has 0 unspecified atom stereocenters. The third-order valence-corrected chi connectivity index (χ3v) is 5.88. The lowest BCUT2D eigenvalue weighted by molar-refractivity contribution is -0.118. The van der Waals surface area contributed by atoms with Gasteiger partial charge in [-0.2, -0.15) is 0 Å². The molecule has 5 N–H and O–H groups in total. The average molecular weight is 395 g/mol. The minimum absolute atomic E-state index is 0. The lowest BCUT2D eigenvalue weighted by Gasteiger charge is -2.35. The van der Waals surface area contributed by atoms with Gasteiger partial charge in [0.15, 0.2) is 0 Å². The molecule has 150 valence electrons. The van der Waals surface area contributed by atoms with E-state index in [2.05, 4.69) is 10.2 Å². The maximum Gasteiger partial charge on any atom is 0.248 e. The summed E-state index contributed by atoms with van der Waals surface area (Å²) >= 11 is 0.